The number of nitrogens with zero attached hydrogens (tertiary/aromatic N) is 1. The standard InChI is InChI=1S/C17H26N2O/c1-19-8-7-13(12-19)11-18-15-9-14(10-15)16-5-3-4-6-17(16)20-2/h3-6,13-15,18H,7-12H2,1-2H3. The molecule has 0 spiro atoms. The number of rotatable bonds is 5. The highest BCUT2D eigenvalue weighted by Gasteiger charge is 2.32. The van der Waals surface area contributed by atoms with Crippen molar-refractivity contribution in [3.8, 4) is 5.75 Å². The van der Waals surface area contributed by atoms with Gasteiger partial charge in [-0.05, 0) is 62.9 Å². The smallest absolute Gasteiger partial charge is 0.122 e. The minimum atomic E-state index is 0.676. The lowest BCUT2D eigenvalue weighted by Gasteiger charge is -2.37. The number of para-hydroxylation sites is 1. The molecule has 0 aromatic heterocycles. The molecular weight excluding hydrogens is 248 g/mol. The third-order valence-electron chi connectivity index (χ3n) is 4.90. The Morgan fingerprint density at radius 1 is 1.30 bits per heavy atom. The van der Waals surface area contributed by atoms with Gasteiger partial charge in [0.1, 0.15) is 5.75 Å². The fourth-order valence-electron chi connectivity index (χ4n) is 3.57. The Morgan fingerprint density at radius 2 is 2.10 bits per heavy atom. The fourth-order valence-corrected chi connectivity index (χ4v) is 3.57. The SMILES string of the molecule is COc1ccccc1C1CC(NCC2CCN(C)C2)C1. The normalized spacial score (nSPS) is 30.2. The minimum absolute atomic E-state index is 0.676. The average Bonchev–Trinajstić information content (AvgIpc) is 2.83. The lowest BCUT2D eigenvalue weighted by atomic mass is 9.75. The first-order chi connectivity index (χ1) is 9.76. The number of ether oxygens (including phenoxy) is 1. The third kappa shape index (κ3) is 2.99. The molecule has 3 nitrogen and oxygen atoms in total. The summed E-state index contributed by atoms with van der Waals surface area (Å²) < 4.78 is 5.46. The number of hydrogen-bond donors (Lipinski definition) is 1. The molecule has 1 heterocycles. The van der Waals surface area contributed by atoms with Gasteiger partial charge in [0.2, 0.25) is 0 Å². The molecular formula is C17H26N2O. The zero-order chi connectivity index (χ0) is 13.9. The van der Waals surface area contributed by atoms with Crippen LogP contribution in [0.25, 0.3) is 0 Å². The molecule has 1 aliphatic carbocycles. The van der Waals surface area contributed by atoms with Crippen molar-refractivity contribution in [3.05, 3.63) is 29.8 Å². The summed E-state index contributed by atoms with van der Waals surface area (Å²) in [6.45, 7) is 3.71. The summed E-state index contributed by atoms with van der Waals surface area (Å²) in [4.78, 5) is 2.44. The average molecular weight is 274 g/mol. The maximum atomic E-state index is 5.46. The van der Waals surface area contributed by atoms with Crippen molar-refractivity contribution in [1.29, 1.82) is 0 Å². The lowest BCUT2D eigenvalue weighted by Crippen LogP contribution is -2.42. The number of nitrogens with one attached hydrogen (secondary N) is 1. The molecule has 3 heteroatoms. The van der Waals surface area contributed by atoms with Gasteiger partial charge in [-0.3, -0.25) is 0 Å². The topological polar surface area (TPSA) is 24.5 Å². The van der Waals surface area contributed by atoms with E-state index >= 15 is 0 Å². The first-order valence-electron chi connectivity index (χ1n) is 7.81. The van der Waals surface area contributed by atoms with Gasteiger partial charge in [-0.15, -0.1) is 0 Å². The molecule has 1 unspecified atom stereocenters. The van der Waals surface area contributed by atoms with E-state index in [9.17, 15) is 0 Å². The van der Waals surface area contributed by atoms with Crippen molar-refractivity contribution >= 4 is 0 Å². The highest BCUT2D eigenvalue weighted by Crippen LogP contribution is 2.40. The second kappa shape index (κ2) is 6.15. The van der Waals surface area contributed by atoms with Gasteiger partial charge in [0.15, 0.2) is 0 Å². The molecule has 2 fully saturated rings. The van der Waals surface area contributed by atoms with Gasteiger partial charge < -0.3 is 15.0 Å². The largest absolute Gasteiger partial charge is 0.496 e. The molecule has 0 radical (unpaired) electrons. The zero-order valence-corrected chi connectivity index (χ0v) is 12.6. The van der Waals surface area contributed by atoms with E-state index in [1.807, 2.05) is 6.07 Å². The fraction of sp³-hybridized carbons (Fsp3) is 0.647. The lowest BCUT2D eigenvalue weighted by molar-refractivity contribution is 0.269. The summed E-state index contributed by atoms with van der Waals surface area (Å²) in [5.41, 5.74) is 1.38. The molecule has 1 saturated carbocycles. The van der Waals surface area contributed by atoms with Gasteiger partial charge in [-0.2, -0.15) is 0 Å². The summed E-state index contributed by atoms with van der Waals surface area (Å²) in [6, 6.07) is 9.16. The summed E-state index contributed by atoms with van der Waals surface area (Å²) in [7, 11) is 3.99. The number of methoxy groups -OCH3 is 1. The molecule has 1 N–H and O–H groups in total. The summed E-state index contributed by atoms with van der Waals surface area (Å²) in [6.07, 6.45) is 3.86. The Bertz CT molecular complexity index is 442. The van der Waals surface area contributed by atoms with Crippen LogP contribution >= 0.6 is 0 Å². The summed E-state index contributed by atoms with van der Waals surface area (Å²) in [5.74, 6) is 2.58. The van der Waals surface area contributed by atoms with E-state index in [-0.39, 0.29) is 0 Å². The predicted octanol–water partition coefficient (Wildman–Crippen LogP) is 2.48. The highest BCUT2D eigenvalue weighted by molar-refractivity contribution is 5.37. The maximum absolute atomic E-state index is 5.46. The second-order valence-corrected chi connectivity index (χ2v) is 6.43. The van der Waals surface area contributed by atoms with Crippen LogP contribution in [0.15, 0.2) is 24.3 Å². The van der Waals surface area contributed by atoms with Crippen molar-refractivity contribution in [3.63, 3.8) is 0 Å². The van der Waals surface area contributed by atoms with Crippen LogP contribution in [-0.4, -0.2) is 44.7 Å². The van der Waals surface area contributed by atoms with E-state index in [0.29, 0.717) is 12.0 Å². The van der Waals surface area contributed by atoms with Gasteiger partial charge in [0.25, 0.3) is 0 Å². The third-order valence-corrected chi connectivity index (χ3v) is 4.90. The van der Waals surface area contributed by atoms with E-state index in [0.717, 1.165) is 11.7 Å². The van der Waals surface area contributed by atoms with Crippen LogP contribution in [0.1, 0.15) is 30.7 Å². The first-order valence-corrected chi connectivity index (χ1v) is 7.81. The molecule has 1 saturated heterocycles. The Morgan fingerprint density at radius 3 is 2.80 bits per heavy atom. The molecule has 2 aliphatic rings. The first kappa shape index (κ1) is 13.9. The predicted molar refractivity (Wildman–Crippen MR) is 82.4 cm³/mol. The Kier molecular flexibility index (Phi) is 4.27. The molecule has 20 heavy (non-hydrogen) atoms. The maximum Gasteiger partial charge on any atom is 0.122 e. The van der Waals surface area contributed by atoms with Crippen LogP contribution in [0.4, 0.5) is 0 Å². The van der Waals surface area contributed by atoms with Gasteiger partial charge >= 0.3 is 0 Å². The molecule has 1 atom stereocenters. The van der Waals surface area contributed by atoms with E-state index in [1.54, 1.807) is 7.11 Å². The van der Waals surface area contributed by atoms with E-state index in [2.05, 4.69) is 35.5 Å². The van der Waals surface area contributed by atoms with Crippen molar-refractivity contribution in [2.45, 2.75) is 31.2 Å². The summed E-state index contributed by atoms with van der Waals surface area (Å²) >= 11 is 0. The molecule has 0 amide bonds. The van der Waals surface area contributed by atoms with Crippen LogP contribution in [0, 0.1) is 5.92 Å². The van der Waals surface area contributed by atoms with Gasteiger partial charge in [0, 0.05) is 12.6 Å². The van der Waals surface area contributed by atoms with Crippen molar-refractivity contribution in [2.75, 3.05) is 33.8 Å². The van der Waals surface area contributed by atoms with Crippen LogP contribution in [0.3, 0.4) is 0 Å². The van der Waals surface area contributed by atoms with Crippen molar-refractivity contribution in [1.82, 2.24) is 10.2 Å². The van der Waals surface area contributed by atoms with Crippen LogP contribution in [0.5, 0.6) is 5.75 Å². The Balaban J connectivity index is 1.44. The molecule has 1 aliphatic heterocycles. The Labute approximate surface area is 122 Å². The van der Waals surface area contributed by atoms with Crippen LogP contribution in [0.2, 0.25) is 0 Å². The zero-order valence-electron chi connectivity index (χ0n) is 12.6. The highest BCUT2D eigenvalue weighted by atomic mass is 16.5. The van der Waals surface area contributed by atoms with Crippen molar-refractivity contribution in [2.24, 2.45) is 5.92 Å². The quantitative estimate of drug-likeness (QED) is 0.893. The van der Waals surface area contributed by atoms with E-state index in [1.165, 1.54) is 44.5 Å². The van der Waals surface area contributed by atoms with Crippen LogP contribution < -0.4 is 10.1 Å². The van der Waals surface area contributed by atoms with Crippen LogP contribution in [-0.2, 0) is 0 Å². The molecule has 1 aromatic carbocycles. The van der Waals surface area contributed by atoms with Gasteiger partial charge in [-0.1, -0.05) is 18.2 Å². The van der Waals surface area contributed by atoms with Crippen molar-refractivity contribution < 1.29 is 4.74 Å². The molecule has 3 rings (SSSR count). The minimum Gasteiger partial charge on any atom is -0.496 e. The molecule has 110 valence electrons. The molecule has 1 aromatic rings. The van der Waals surface area contributed by atoms with Gasteiger partial charge in [0.05, 0.1) is 7.11 Å². The number of hydrogen-bond acceptors (Lipinski definition) is 3. The summed E-state index contributed by atoms with van der Waals surface area (Å²) in [5, 5.41) is 3.75. The second-order valence-electron chi connectivity index (χ2n) is 6.43. The van der Waals surface area contributed by atoms with E-state index in [4.69, 9.17) is 4.74 Å². The number of likely N-dealkylation sites (tertiary alicyclic amines) is 1. The van der Waals surface area contributed by atoms with E-state index < -0.39 is 0 Å². The monoisotopic (exact) mass is 274 g/mol. The molecule has 0 bridgehead atoms. The van der Waals surface area contributed by atoms with Gasteiger partial charge in [-0.25, -0.2) is 0 Å². The number of benzene rings is 1. The Hall–Kier alpha value is -1.06.